The summed E-state index contributed by atoms with van der Waals surface area (Å²) in [6.07, 6.45) is 0. The summed E-state index contributed by atoms with van der Waals surface area (Å²) in [6, 6.07) is 5.95. The van der Waals surface area contributed by atoms with Gasteiger partial charge in [0.15, 0.2) is 0 Å². The Balaban J connectivity index is 3.42. The maximum Gasteiger partial charge on any atom is 0.253 e. The number of phenols is 1. The van der Waals surface area contributed by atoms with Crippen molar-refractivity contribution in [1.29, 1.82) is 5.26 Å². The Morgan fingerprint density at radius 1 is 1.58 bits per heavy atom. The van der Waals surface area contributed by atoms with Crippen LogP contribution in [0.4, 0.5) is 0 Å². The Bertz CT molecular complexity index is 366. The lowest BCUT2D eigenvalue weighted by atomic mass is 10.1. The van der Waals surface area contributed by atoms with Crippen molar-refractivity contribution in [1.82, 2.24) is 0 Å². The number of aromatic hydroxyl groups is 1. The molecule has 0 heterocycles. The molecule has 60 valence electrons. The fourth-order valence-corrected chi connectivity index (χ4v) is 0.892. The van der Waals surface area contributed by atoms with Gasteiger partial charge in [0.1, 0.15) is 11.8 Å². The lowest BCUT2D eigenvalue weighted by Gasteiger charge is -2.00. The third-order valence-electron chi connectivity index (χ3n) is 1.41. The minimum absolute atomic E-state index is 0.0856. The molecule has 12 heavy (non-hydrogen) atoms. The number of rotatable bonds is 1. The third kappa shape index (κ3) is 1.20. The zero-order chi connectivity index (χ0) is 9.14. The molecule has 0 fully saturated rings. The van der Waals surface area contributed by atoms with Crippen LogP contribution in [-0.2, 0) is 0 Å². The fourth-order valence-electron chi connectivity index (χ4n) is 0.892. The van der Waals surface area contributed by atoms with Gasteiger partial charge in [-0.05, 0) is 12.1 Å². The standard InChI is InChI=1S/C8H6N2O2/c9-4-5-2-1-3-6(11)7(5)8(10)12/h1-3,11H,(H2,10,12). The molecule has 1 amide bonds. The number of amides is 1. The number of hydrogen-bond acceptors (Lipinski definition) is 3. The lowest BCUT2D eigenvalue weighted by molar-refractivity contribution is 0.0997. The van der Waals surface area contributed by atoms with Crippen LogP contribution in [0, 0.1) is 11.3 Å². The van der Waals surface area contributed by atoms with Gasteiger partial charge < -0.3 is 10.8 Å². The van der Waals surface area contributed by atoms with E-state index in [1.54, 1.807) is 6.07 Å². The van der Waals surface area contributed by atoms with Crippen molar-refractivity contribution in [2.24, 2.45) is 5.73 Å². The second-order valence-electron chi connectivity index (χ2n) is 2.18. The van der Waals surface area contributed by atoms with Crippen LogP contribution in [-0.4, -0.2) is 11.0 Å². The minimum atomic E-state index is -0.801. The Morgan fingerprint density at radius 3 is 2.67 bits per heavy atom. The van der Waals surface area contributed by atoms with Gasteiger partial charge in [0.2, 0.25) is 0 Å². The average molecular weight is 162 g/mol. The first-order valence-corrected chi connectivity index (χ1v) is 3.18. The van der Waals surface area contributed by atoms with E-state index in [1.165, 1.54) is 18.2 Å². The van der Waals surface area contributed by atoms with Crippen molar-refractivity contribution >= 4 is 5.91 Å². The van der Waals surface area contributed by atoms with Crippen LogP contribution in [0.2, 0.25) is 0 Å². The van der Waals surface area contributed by atoms with Crippen molar-refractivity contribution in [2.75, 3.05) is 0 Å². The van der Waals surface area contributed by atoms with Crippen LogP contribution in [0.25, 0.3) is 0 Å². The first kappa shape index (κ1) is 8.08. The maximum atomic E-state index is 10.7. The van der Waals surface area contributed by atoms with Crippen molar-refractivity contribution in [3.05, 3.63) is 29.3 Å². The monoisotopic (exact) mass is 162 g/mol. The number of nitrogens with zero attached hydrogens (tertiary/aromatic N) is 1. The number of benzene rings is 1. The summed E-state index contributed by atoms with van der Waals surface area (Å²) in [5.41, 5.74) is 4.90. The van der Waals surface area contributed by atoms with E-state index in [2.05, 4.69) is 0 Å². The van der Waals surface area contributed by atoms with Gasteiger partial charge in [0.05, 0.1) is 11.1 Å². The highest BCUT2D eigenvalue weighted by atomic mass is 16.3. The Kier molecular flexibility index (Phi) is 1.97. The number of primary amides is 1. The van der Waals surface area contributed by atoms with E-state index in [-0.39, 0.29) is 16.9 Å². The number of hydrogen-bond donors (Lipinski definition) is 2. The highest BCUT2D eigenvalue weighted by molar-refractivity contribution is 5.97. The van der Waals surface area contributed by atoms with Crippen molar-refractivity contribution < 1.29 is 9.90 Å². The molecule has 4 heteroatoms. The molecule has 1 rings (SSSR count). The summed E-state index contributed by atoms with van der Waals surface area (Å²) in [7, 11) is 0. The van der Waals surface area contributed by atoms with Crippen LogP contribution in [0.15, 0.2) is 18.2 Å². The van der Waals surface area contributed by atoms with Crippen LogP contribution in [0.5, 0.6) is 5.75 Å². The second-order valence-corrected chi connectivity index (χ2v) is 2.18. The summed E-state index contributed by atoms with van der Waals surface area (Å²) >= 11 is 0. The zero-order valence-corrected chi connectivity index (χ0v) is 6.11. The highest BCUT2D eigenvalue weighted by Gasteiger charge is 2.11. The van der Waals surface area contributed by atoms with E-state index in [0.717, 1.165) is 0 Å². The minimum Gasteiger partial charge on any atom is -0.507 e. The van der Waals surface area contributed by atoms with Crippen LogP contribution >= 0.6 is 0 Å². The van der Waals surface area contributed by atoms with E-state index >= 15 is 0 Å². The molecule has 1 aromatic rings. The third-order valence-corrected chi connectivity index (χ3v) is 1.41. The first-order chi connectivity index (χ1) is 5.66. The summed E-state index contributed by atoms with van der Waals surface area (Å²) in [4.78, 5) is 10.7. The molecular weight excluding hydrogens is 156 g/mol. The molecule has 3 N–H and O–H groups in total. The molecule has 1 aromatic carbocycles. The maximum absolute atomic E-state index is 10.7. The van der Waals surface area contributed by atoms with Gasteiger partial charge in [-0.2, -0.15) is 5.26 Å². The van der Waals surface area contributed by atoms with Crippen LogP contribution in [0.1, 0.15) is 15.9 Å². The van der Waals surface area contributed by atoms with Gasteiger partial charge in [0, 0.05) is 0 Å². The van der Waals surface area contributed by atoms with Crippen molar-refractivity contribution in [2.45, 2.75) is 0 Å². The SMILES string of the molecule is N#Cc1cccc(O)c1C(N)=O. The fraction of sp³-hybridized carbons (Fsp3) is 0. The van der Waals surface area contributed by atoms with Gasteiger partial charge in [-0.15, -0.1) is 0 Å². The molecule has 0 saturated heterocycles. The molecule has 0 aliphatic heterocycles. The van der Waals surface area contributed by atoms with Crippen molar-refractivity contribution in [3.63, 3.8) is 0 Å². The second kappa shape index (κ2) is 2.93. The Labute approximate surface area is 68.8 Å². The Morgan fingerprint density at radius 2 is 2.25 bits per heavy atom. The first-order valence-electron chi connectivity index (χ1n) is 3.18. The molecule has 0 saturated carbocycles. The molecule has 0 aliphatic rings. The van der Waals surface area contributed by atoms with Crippen LogP contribution in [0.3, 0.4) is 0 Å². The summed E-state index contributed by atoms with van der Waals surface area (Å²) < 4.78 is 0. The molecule has 0 atom stereocenters. The lowest BCUT2D eigenvalue weighted by Crippen LogP contribution is -2.12. The largest absolute Gasteiger partial charge is 0.507 e. The predicted molar refractivity (Wildman–Crippen MR) is 41.3 cm³/mol. The van der Waals surface area contributed by atoms with E-state index in [1.807, 2.05) is 0 Å². The molecular formula is C8H6N2O2. The van der Waals surface area contributed by atoms with Gasteiger partial charge >= 0.3 is 0 Å². The summed E-state index contributed by atoms with van der Waals surface area (Å²) in [5.74, 6) is -1.06. The van der Waals surface area contributed by atoms with E-state index in [4.69, 9.17) is 16.1 Å². The quantitative estimate of drug-likeness (QED) is 0.625. The van der Waals surface area contributed by atoms with Gasteiger partial charge in [-0.25, -0.2) is 0 Å². The molecule has 0 bridgehead atoms. The van der Waals surface area contributed by atoms with Gasteiger partial charge in [-0.1, -0.05) is 6.07 Å². The van der Waals surface area contributed by atoms with E-state index < -0.39 is 5.91 Å². The molecule has 4 nitrogen and oxygen atoms in total. The molecule has 0 radical (unpaired) electrons. The van der Waals surface area contributed by atoms with Gasteiger partial charge in [-0.3, -0.25) is 4.79 Å². The normalized spacial score (nSPS) is 8.92. The molecule has 0 unspecified atom stereocenters. The smallest absolute Gasteiger partial charge is 0.253 e. The molecule has 0 aromatic heterocycles. The zero-order valence-electron chi connectivity index (χ0n) is 6.11. The van der Waals surface area contributed by atoms with E-state index in [0.29, 0.717) is 0 Å². The highest BCUT2D eigenvalue weighted by Crippen LogP contribution is 2.19. The topological polar surface area (TPSA) is 87.1 Å². The molecule has 0 aliphatic carbocycles. The van der Waals surface area contributed by atoms with E-state index in [9.17, 15) is 4.79 Å². The van der Waals surface area contributed by atoms with Crippen LogP contribution < -0.4 is 5.73 Å². The van der Waals surface area contributed by atoms with Crippen molar-refractivity contribution in [3.8, 4) is 11.8 Å². The van der Waals surface area contributed by atoms with Gasteiger partial charge in [0.25, 0.3) is 5.91 Å². The molecule has 0 spiro atoms. The number of carbonyl (C=O) groups excluding carboxylic acids is 1. The predicted octanol–water partition coefficient (Wildman–Crippen LogP) is 0.363. The summed E-state index contributed by atoms with van der Waals surface area (Å²) in [6.45, 7) is 0. The summed E-state index contributed by atoms with van der Waals surface area (Å²) in [5, 5.41) is 17.7. The number of carbonyl (C=O) groups is 1. The average Bonchev–Trinajstić information content (AvgIpc) is 2.03. The number of nitriles is 1. The number of nitrogens with two attached hydrogens (primary N) is 1. The Hall–Kier alpha value is -2.02.